The van der Waals surface area contributed by atoms with Crippen molar-refractivity contribution in [3.63, 3.8) is 0 Å². The Bertz CT molecular complexity index is 1370. The van der Waals surface area contributed by atoms with Crippen molar-refractivity contribution in [3.05, 3.63) is 83.2 Å². The predicted octanol–water partition coefficient (Wildman–Crippen LogP) is 4.89. The third kappa shape index (κ3) is 2.99. The molecule has 32 heavy (non-hydrogen) atoms. The summed E-state index contributed by atoms with van der Waals surface area (Å²) in [5.74, 6) is 1.33. The molecule has 2 aromatic carbocycles. The minimum Gasteiger partial charge on any atom is -0.496 e. The highest BCUT2D eigenvalue weighted by Gasteiger charge is 2.39. The summed E-state index contributed by atoms with van der Waals surface area (Å²) in [5, 5.41) is 1.07. The van der Waals surface area contributed by atoms with Gasteiger partial charge in [-0.15, -0.1) is 0 Å². The van der Waals surface area contributed by atoms with E-state index in [4.69, 9.17) is 20.5 Å². The highest BCUT2D eigenvalue weighted by Crippen LogP contribution is 2.42. The molecule has 1 aliphatic rings. The fourth-order valence-corrected chi connectivity index (χ4v) is 4.58. The Morgan fingerprint density at radius 2 is 1.72 bits per heavy atom. The molecular formula is C26H25N5O. The van der Waals surface area contributed by atoms with Crippen LogP contribution in [-0.4, -0.2) is 28.6 Å². The first kappa shape index (κ1) is 20.0. The quantitative estimate of drug-likeness (QED) is 0.490. The Kier molecular flexibility index (Phi) is 4.59. The average Bonchev–Trinajstić information content (AvgIpc) is 3.35. The zero-order chi connectivity index (χ0) is 22.5. The van der Waals surface area contributed by atoms with E-state index >= 15 is 0 Å². The molecule has 5 rings (SSSR count). The van der Waals surface area contributed by atoms with Crippen LogP contribution in [0.5, 0.6) is 5.75 Å². The number of aliphatic imine (C=N–C) groups is 2. The number of rotatable bonds is 4. The first-order chi connectivity index (χ1) is 15.4. The normalized spacial score (nSPS) is 18.0. The van der Waals surface area contributed by atoms with Gasteiger partial charge in [0, 0.05) is 34.5 Å². The molecule has 0 saturated carbocycles. The van der Waals surface area contributed by atoms with Crippen molar-refractivity contribution >= 4 is 22.6 Å². The highest BCUT2D eigenvalue weighted by atomic mass is 16.5. The number of amidine groups is 1. The van der Waals surface area contributed by atoms with Crippen molar-refractivity contribution < 1.29 is 4.74 Å². The Hall–Kier alpha value is -3.93. The average molecular weight is 424 g/mol. The van der Waals surface area contributed by atoms with E-state index in [2.05, 4.69) is 46.4 Å². The van der Waals surface area contributed by atoms with Crippen molar-refractivity contribution in [2.24, 2.45) is 15.7 Å². The van der Waals surface area contributed by atoms with E-state index in [1.807, 2.05) is 39.1 Å². The minimum absolute atomic E-state index is 0.456. The molecule has 4 aromatic rings. The van der Waals surface area contributed by atoms with Gasteiger partial charge >= 0.3 is 0 Å². The summed E-state index contributed by atoms with van der Waals surface area (Å²) in [5.41, 5.74) is 13.1. The molecule has 0 radical (unpaired) electrons. The molecule has 3 N–H and O–H groups in total. The Morgan fingerprint density at radius 3 is 2.41 bits per heavy atom. The number of benzene rings is 2. The molecule has 1 unspecified atom stereocenters. The SMILES string of the molecule is COc1c(C)cc(C2(c3cccc(-c4c[nH]c5ncccc45)c3)N=C(C)C(N)=N2)cc1C. The maximum atomic E-state index is 6.25. The van der Waals surface area contributed by atoms with Crippen LogP contribution in [0.25, 0.3) is 22.2 Å². The van der Waals surface area contributed by atoms with Crippen LogP contribution in [0.1, 0.15) is 29.2 Å². The van der Waals surface area contributed by atoms with E-state index in [1.165, 1.54) is 0 Å². The smallest absolute Gasteiger partial charge is 0.204 e. The van der Waals surface area contributed by atoms with Gasteiger partial charge < -0.3 is 15.5 Å². The van der Waals surface area contributed by atoms with Gasteiger partial charge in [-0.2, -0.15) is 0 Å². The molecule has 0 saturated heterocycles. The fraction of sp³-hybridized carbons (Fsp3) is 0.192. The van der Waals surface area contributed by atoms with Gasteiger partial charge in [-0.25, -0.2) is 15.0 Å². The number of hydrogen-bond donors (Lipinski definition) is 2. The summed E-state index contributed by atoms with van der Waals surface area (Å²) in [6.45, 7) is 5.98. The summed E-state index contributed by atoms with van der Waals surface area (Å²) in [7, 11) is 1.69. The molecule has 1 atom stereocenters. The van der Waals surface area contributed by atoms with Gasteiger partial charge in [-0.05, 0) is 67.8 Å². The highest BCUT2D eigenvalue weighted by molar-refractivity contribution is 6.41. The number of aryl methyl sites for hydroxylation is 2. The van der Waals surface area contributed by atoms with Gasteiger partial charge in [0.1, 0.15) is 17.2 Å². The fourth-order valence-electron chi connectivity index (χ4n) is 4.58. The number of fused-ring (bicyclic) bond motifs is 1. The number of ether oxygens (including phenoxy) is 1. The zero-order valence-electron chi connectivity index (χ0n) is 18.6. The van der Waals surface area contributed by atoms with Crippen molar-refractivity contribution in [1.29, 1.82) is 0 Å². The number of aromatic amines is 1. The second-order valence-electron chi connectivity index (χ2n) is 8.19. The lowest BCUT2D eigenvalue weighted by molar-refractivity contribution is 0.408. The van der Waals surface area contributed by atoms with Crippen molar-refractivity contribution in [3.8, 4) is 16.9 Å². The van der Waals surface area contributed by atoms with E-state index < -0.39 is 5.66 Å². The van der Waals surface area contributed by atoms with Gasteiger partial charge in [-0.3, -0.25) is 0 Å². The molecule has 0 bridgehead atoms. The van der Waals surface area contributed by atoms with Crippen LogP contribution in [0.3, 0.4) is 0 Å². The molecule has 0 amide bonds. The molecule has 6 nitrogen and oxygen atoms in total. The van der Waals surface area contributed by atoms with Crippen LogP contribution >= 0.6 is 0 Å². The number of methoxy groups -OCH3 is 1. The summed E-state index contributed by atoms with van der Waals surface area (Å²) < 4.78 is 5.58. The maximum absolute atomic E-state index is 6.25. The number of H-pyrrole nitrogens is 1. The van der Waals surface area contributed by atoms with Crippen LogP contribution in [0.2, 0.25) is 0 Å². The molecule has 0 fully saturated rings. The number of pyridine rings is 1. The lowest BCUT2D eigenvalue weighted by Crippen LogP contribution is -2.23. The van der Waals surface area contributed by atoms with Gasteiger partial charge in [0.15, 0.2) is 0 Å². The van der Waals surface area contributed by atoms with Crippen LogP contribution in [0.4, 0.5) is 0 Å². The molecule has 6 heteroatoms. The van der Waals surface area contributed by atoms with Crippen molar-refractivity contribution in [1.82, 2.24) is 9.97 Å². The summed E-state index contributed by atoms with van der Waals surface area (Å²) >= 11 is 0. The Labute approximate surface area is 186 Å². The largest absolute Gasteiger partial charge is 0.496 e. The maximum Gasteiger partial charge on any atom is 0.204 e. The lowest BCUT2D eigenvalue weighted by Gasteiger charge is -2.26. The summed E-state index contributed by atoms with van der Waals surface area (Å²) in [6.07, 6.45) is 3.78. The van der Waals surface area contributed by atoms with E-state index in [1.54, 1.807) is 13.3 Å². The van der Waals surface area contributed by atoms with Crippen LogP contribution in [-0.2, 0) is 5.66 Å². The molecular weight excluding hydrogens is 398 g/mol. The minimum atomic E-state index is -0.934. The third-order valence-corrected chi connectivity index (χ3v) is 6.08. The molecule has 1 aliphatic heterocycles. The Balaban J connectivity index is 1.73. The standard InChI is InChI=1S/C26H25N5O/c1-15-11-20(12-16(2)23(15)32-4)26(30-17(3)24(27)31-26)19-8-5-7-18(13-19)22-14-29-25-21(22)9-6-10-28-25/h5-14H,1-4H3,(H2,27,31)(H,28,29). The van der Waals surface area contributed by atoms with Crippen LogP contribution in [0, 0.1) is 13.8 Å². The number of nitrogens with zero attached hydrogens (tertiary/aromatic N) is 3. The van der Waals surface area contributed by atoms with Crippen molar-refractivity contribution in [2.45, 2.75) is 26.4 Å². The van der Waals surface area contributed by atoms with E-state index in [9.17, 15) is 0 Å². The second-order valence-corrected chi connectivity index (χ2v) is 8.19. The first-order valence-corrected chi connectivity index (χ1v) is 10.5. The van der Waals surface area contributed by atoms with Gasteiger partial charge in [0.05, 0.1) is 12.8 Å². The zero-order valence-corrected chi connectivity index (χ0v) is 18.6. The van der Waals surface area contributed by atoms with E-state index in [-0.39, 0.29) is 0 Å². The van der Waals surface area contributed by atoms with E-state index in [0.29, 0.717) is 5.84 Å². The molecule has 0 spiro atoms. The third-order valence-electron chi connectivity index (χ3n) is 6.08. The molecule has 2 aromatic heterocycles. The van der Waals surface area contributed by atoms with E-state index in [0.717, 1.165) is 55.9 Å². The second kappa shape index (κ2) is 7.34. The molecule has 0 aliphatic carbocycles. The monoisotopic (exact) mass is 423 g/mol. The molecule has 160 valence electrons. The number of nitrogens with two attached hydrogens (primary N) is 1. The number of aromatic nitrogens is 2. The Morgan fingerprint density at radius 1 is 0.938 bits per heavy atom. The summed E-state index contributed by atoms with van der Waals surface area (Å²) in [6, 6.07) is 16.5. The predicted molar refractivity (Wildman–Crippen MR) is 130 cm³/mol. The van der Waals surface area contributed by atoms with Gasteiger partial charge in [-0.1, -0.05) is 18.2 Å². The van der Waals surface area contributed by atoms with Gasteiger partial charge in [0.25, 0.3) is 0 Å². The van der Waals surface area contributed by atoms with Crippen LogP contribution in [0.15, 0.2) is 70.9 Å². The number of hydrogen-bond acceptors (Lipinski definition) is 5. The topological polar surface area (TPSA) is 88.6 Å². The molecule has 3 heterocycles. The van der Waals surface area contributed by atoms with Crippen LogP contribution < -0.4 is 10.5 Å². The lowest BCUT2D eigenvalue weighted by atomic mass is 9.88. The van der Waals surface area contributed by atoms with Gasteiger partial charge in [0.2, 0.25) is 5.66 Å². The first-order valence-electron chi connectivity index (χ1n) is 10.5. The van der Waals surface area contributed by atoms with Crippen molar-refractivity contribution in [2.75, 3.05) is 7.11 Å². The number of nitrogens with one attached hydrogen (secondary N) is 1. The summed E-state index contributed by atoms with van der Waals surface area (Å²) in [4.78, 5) is 17.6.